The Kier molecular flexibility index (Phi) is 55.2. The van der Waals surface area contributed by atoms with E-state index in [2.05, 4.69) is 53.8 Å². The molecule has 19 nitrogen and oxygen atoms in total. The molecule has 0 saturated carbocycles. The molecule has 0 aliphatic carbocycles. The van der Waals surface area contributed by atoms with E-state index >= 15 is 0 Å². The first-order valence-corrected chi connectivity index (χ1v) is 26.6. The lowest BCUT2D eigenvalue weighted by atomic mass is 9.92. The quantitative estimate of drug-likeness (QED) is 0.0298. The van der Waals surface area contributed by atoms with Gasteiger partial charge in [-0.1, -0.05) is 51.0 Å². The molecule has 0 heterocycles. The molecule has 0 aliphatic rings. The number of hydrogen-bond acceptors (Lipinski definition) is 19. The standard InChI is InChI=1S/C26H53N2O6P.C24H42O8.3CH4O/c1-8-14-29-20-26(21-30-15-9-2,22-31-16-10-3)23-32-17-12-19-34-35(33-18-11-13-27)28(24(4)5)25(6)7;25-10-4-13-29-19-24(20-30-14-5-11-26,21-31-15-6-12-27)22-32-17-7-16-28-18-23-8-2-1-3-9-23;3*1-2/h24-25H,8-12,14-23H2,1-7H3;1-3,8-9,25-27H,4-7,10-22H2;3*2H,1H3/i1D,2D,3D;;3*2T. The summed E-state index contributed by atoms with van der Waals surface area (Å²) in [6, 6.07) is 12.7. The van der Waals surface area contributed by atoms with Crippen molar-refractivity contribution in [2.75, 3.05) is 167 Å². The van der Waals surface area contributed by atoms with Crippen molar-refractivity contribution < 1.29 is 86.4 Å². The van der Waals surface area contributed by atoms with E-state index in [0.717, 1.165) is 12.0 Å². The molecule has 0 aliphatic heterocycles. The molecule has 6 N–H and O–H groups in total. The Morgan fingerprint density at radius 3 is 1.21 bits per heavy atom. The highest BCUT2D eigenvalue weighted by molar-refractivity contribution is 7.44. The molecule has 1 aromatic carbocycles. The monoisotopic (exact) mass is 1080 g/mol. The number of aliphatic hydroxyl groups is 6. The van der Waals surface area contributed by atoms with Gasteiger partial charge in [-0.25, -0.2) is 4.67 Å². The number of rotatable bonds is 48. The van der Waals surface area contributed by atoms with Crippen LogP contribution in [0, 0.1) is 22.2 Å². The number of ether oxygens (including phenoxy) is 9. The Labute approximate surface area is 452 Å². The molecule has 0 saturated heterocycles. The fraction of sp³-hybridized carbons (Fsp3) is 0.868. The van der Waals surface area contributed by atoms with Gasteiger partial charge in [0.25, 0.3) is 8.53 Å². The summed E-state index contributed by atoms with van der Waals surface area (Å²) in [5.74, 6) is 0. The predicted octanol–water partition coefficient (Wildman–Crippen LogP) is 6.57. The van der Waals surface area contributed by atoms with Crippen molar-refractivity contribution in [3.63, 3.8) is 0 Å². The van der Waals surface area contributed by atoms with Crippen LogP contribution in [0.2, 0.25) is 0 Å². The zero-order valence-corrected chi connectivity index (χ0v) is 47.1. The van der Waals surface area contributed by atoms with E-state index < -0.39 is 19.4 Å². The second-order valence-corrected chi connectivity index (χ2v) is 18.3. The largest absolute Gasteiger partial charge is 0.400 e. The number of aliphatic hydroxyl groups excluding tert-OH is 6. The third-order valence-corrected chi connectivity index (χ3v) is 11.6. The van der Waals surface area contributed by atoms with Crippen LogP contribution in [0.25, 0.3) is 0 Å². The third kappa shape index (κ3) is 47.4. The lowest BCUT2D eigenvalue weighted by molar-refractivity contribution is -0.110. The maximum atomic E-state index is 9.00. The molecular formula is C53H107N2O17P. The summed E-state index contributed by atoms with van der Waals surface area (Å²) in [7, 11) is 2.60. The highest BCUT2D eigenvalue weighted by atomic mass is 31.2. The van der Waals surface area contributed by atoms with Gasteiger partial charge in [0.05, 0.1) is 96.0 Å². The predicted molar refractivity (Wildman–Crippen MR) is 288 cm³/mol. The third-order valence-electron chi connectivity index (χ3n) is 9.46. The first-order valence-electron chi connectivity index (χ1n) is 28.9. The number of nitrogens with zero attached hydrogens (tertiary/aromatic N) is 2. The van der Waals surface area contributed by atoms with Crippen molar-refractivity contribution in [3.8, 4) is 6.07 Å². The Morgan fingerprint density at radius 1 is 0.534 bits per heavy atom. The minimum Gasteiger partial charge on any atom is -0.400 e. The topological polar surface area (TPSA) is 250 Å². The van der Waals surface area contributed by atoms with Crippen LogP contribution < -0.4 is 0 Å². The van der Waals surface area contributed by atoms with Gasteiger partial charge in [-0.3, -0.25) is 0 Å². The molecule has 0 bridgehead atoms. The van der Waals surface area contributed by atoms with Crippen molar-refractivity contribution in [1.29, 1.82) is 9.56 Å². The molecule has 0 spiro atoms. The number of benzene rings is 1. The summed E-state index contributed by atoms with van der Waals surface area (Å²) in [4.78, 5) is 0. The Morgan fingerprint density at radius 2 is 0.863 bits per heavy atom. The van der Waals surface area contributed by atoms with Crippen LogP contribution in [0.5, 0.6) is 0 Å². The second-order valence-electron chi connectivity index (χ2n) is 16.8. The van der Waals surface area contributed by atoms with Crippen LogP contribution >= 0.6 is 8.53 Å². The highest BCUT2D eigenvalue weighted by Crippen LogP contribution is 2.46. The van der Waals surface area contributed by atoms with Crippen LogP contribution in [-0.2, 0) is 58.3 Å². The summed E-state index contributed by atoms with van der Waals surface area (Å²) in [6.45, 7) is 18.5. The summed E-state index contributed by atoms with van der Waals surface area (Å²) >= 11 is 0. The zero-order valence-electron chi connectivity index (χ0n) is 52.2. The lowest BCUT2D eigenvalue weighted by Gasteiger charge is -2.35. The molecule has 1 atom stereocenters. The van der Waals surface area contributed by atoms with Crippen LogP contribution in [0.3, 0.4) is 0 Å². The number of hydrogen-bond donors (Lipinski definition) is 6. The van der Waals surface area contributed by atoms with Crippen molar-refractivity contribution >= 4 is 8.53 Å². The molecule has 436 valence electrons. The fourth-order valence-electron chi connectivity index (χ4n) is 6.26. The molecular weight excluding hydrogens is 968 g/mol. The van der Waals surface area contributed by atoms with Gasteiger partial charge >= 0.3 is 0 Å². The molecule has 20 heteroatoms. The maximum Gasteiger partial charge on any atom is 0.259 e. The van der Waals surface area contributed by atoms with Crippen LogP contribution in [0.1, 0.15) is 116 Å². The fourth-order valence-corrected chi connectivity index (χ4v) is 7.89. The Hall–Kier alpha value is -1.58. The first-order chi connectivity index (χ1) is 38.4. The summed E-state index contributed by atoms with van der Waals surface area (Å²) in [5.41, 5.74) is 0.129. The van der Waals surface area contributed by atoms with Gasteiger partial charge in [-0.2, -0.15) is 5.26 Å². The molecule has 0 radical (unpaired) electrons. The molecule has 1 aromatic rings. The second kappa shape index (κ2) is 61.3. The minimum atomic E-state index is -1.27. The van der Waals surface area contributed by atoms with E-state index in [1.54, 1.807) is 0 Å². The molecule has 1 rings (SSSR count). The average Bonchev–Trinajstić information content (AvgIpc) is 3.43. The smallest absolute Gasteiger partial charge is 0.259 e. The van der Waals surface area contributed by atoms with Crippen LogP contribution in [0.4, 0.5) is 0 Å². The van der Waals surface area contributed by atoms with Gasteiger partial charge in [0.1, 0.15) is 0 Å². The van der Waals surface area contributed by atoms with Gasteiger partial charge < -0.3 is 82.3 Å². The summed E-state index contributed by atoms with van der Waals surface area (Å²) < 4.78 is 106. The molecule has 73 heavy (non-hydrogen) atoms. The minimum absolute atomic E-state index is 0.0759. The molecule has 1 unspecified atom stereocenters. The summed E-state index contributed by atoms with van der Waals surface area (Å²) in [5, 5.41) is 46.4. The maximum absolute atomic E-state index is 9.00. The van der Waals surface area contributed by atoms with Gasteiger partial charge in [-0.15, -0.1) is 0 Å². The Bertz CT molecular complexity index is 1280. The van der Waals surface area contributed by atoms with E-state index in [0.29, 0.717) is 204 Å². The highest BCUT2D eigenvalue weighted by Gasteiger charge is 2.34. The molecule has 0 aromatic heterocycles. The Balaban J connectivity index is -0.000000623. The molecule has 0 amide bonds. The SMILES string of the molecule is OCCCOCC(COCCCO)(COCCCO)COCCCOCc1ccccc1.[2H]CCCOCC(COCCC[2H])(COCCC[2H])COCCCOP(OCCC#N)N(C(C)C)C(C)C.[3H]OC.[3H]OC.[3H]OC. The van der Waals surface area contributed by atoms with Gasteiger partial charge in [0.15, 0.2) is 0 Å². The van der Waals surface area contributed by atoms with Crippen LogP contribution in [-0.4, -0.2) is 218 Å². The lowest BCUT2D eigenvalue weighted by Crippen LogP contribution is -2.42. The van der Waals surface area contributed by atoms with Crippen molar-refractivity contribution in [2.24, 2.45) is 10.8 Å². The van der Waals surface area contributed by atoms with Gasteiger partial charge in [0.2, 0.25) is 4.29 Å². The van der Waals surface area contributed by atoms with Gasteiger partial charge in [0, 0.05) is 117 Å². The van der Waals surface area contributed by atoms with Crippen molar-refractivity contribution in [1.82, 2.24) is 4.67 Å². The van der Waals surface area contributed by atoms with E-state index in [-0.39, 0.29) is 31.9 Å². The molecule has 0 fully saturated rings. The van der Waals surface area contributed by atoms with E-state index in [9.17, 15) is 0 Å². The first kappa shape index (κ1) is 65.7. The van der Waals surface area contributed by atoms with Gasteiger partial charge in [-0.05, 0) is 84.6 Å². The number of nitriles is 1. The zero-order chi connectivity index (χ0) is 59.8. The summed E-state index contributed by atoms with van der Waals surface area (Å²) in [6.07, 6.45) is 5.45. The van der Waals surface area contributed by atoms with E-state index in [1.165, 1.54) is 21.3 Å². The van der Waals surface area contributed by atoms with Crippen molar-refractivity contribution in [3.05, 3.63) is 35.9 Å². The van der Waals surface area contributed by atoms with Crippen LogP contribution in [0.15, 0.2) is 30.3 Å². The normalized spacial score (nSPS) is 12.8. The van der Waals surface area contributed by atoms with E-state index in [4.69, 9.17) is 80.7 Å². The average molecular weight is 1080 g/mol. The van der Waals surface area contributed by atoms with Crippen molar-refractivity contribution in [2.45, 2.75) is 125 Å². The van der Waals surface area contributed by atoms with E-state index in [1.807, 2.05) is 30.3 Å².